The molecule has 1 amide bonds. The topological polar surface area (TPSA) is 49.6 Å². The first-order valence-electron chi connectivity index (χ1n) is 8.01. The number of likely N-dealkylation sites (tertiary alicyclic amines) is 1. The number of benzene rings is 1. The van der Waals surface area contributed by atoms with E-state index in [1.165, 1.54) is 5.56 Å². The molecule has 0 saturated carbocycles. The van der Waals surface area contributed by atoms with Crippen LogP contribution in [0.3, 0.4) is 0 Å². The fourth-order valence-corrected chi connectivity index (χ4v) is 3.51. The molecule has 0 radical (unpaired) electrons. The van der Waals surface area contributed by atoms with E-state index in [0.717, 1.165) is 44.6 Å². The van der Waals surface area contributed by atoms with E-state index in [2.05, 4.69) is 24.0 Å². The van der Waals surface area contributed by atoms with Gasteiger partial charge in [-0.05, 0) is 56.8 Å². The number of amides is 1. The second-order valence-corrected chi connectivity index (χ2v) is 6.40. The zero-order valence-electron chi connectivity index (χ0n) is 12.8. The number of fused-ring (bicyclic) bond motifs is 1. The predicted molar refractivity (Wildman–Crippen MR) is 85.3 cm³/mol. The Balaban J connectivity index is 1.56. The molecule has 0 bridgehead atoms. The molecule has 0 aromatic heterocycles. The van der Waals surface area contributed by atoms with Gasteiger partial charge in [0.2, 0.25) is 5.91 Å². The lowest BCUT2D eigenvalue weighted by Crippen LogP contribution is -2.45. The molecule has 2 N–H and O–H groups in total. The Morgan fingerprint density at radius 1 is 1.29 bits per heavy atom. The second-order valence-electron chi connectivity index (χ2n) is 6.40. The van der Waals surface area contributed by atoms with Crippen molar-refractivity contribution in [2.75, 3.05) is 31.1 Å². The van der Waals surface area contributed by atoms with Gasteiger partial charge < -0.3 is 10.6 Å². The number of para-hydroxylation sites is 1. The van der Waals surface area contributed by atoms with Crippen molar-refractivity contribution in [1.29, 1.82) is 0 Å². The second kappa shape index (κ2) is 6.16. The largest absolute Gasteiger partial charge is 0.328 e. The standard InChI is InChI=1S/C17H25N3O/c1-13(18)14-6-9-19(10-7-14)12-17(21)20-11-8-15-4-2-3-5-16(15)20/h2-5,13-14H,6-12,18H2,1H3. The number of hydrogen-bond acceptors (Lipinski definition) is 3. The third kappa shape index (κ3) is 3.11. The SMILES string of the molecule is CC(N)C1CCN(CC(=O)N2CCc3ccccc32)CC1. The Morgan fingerprint density at radius 2 is 2.00 bits per heavy atom. The van der Waals surface area contributed by atoms with Gasteiger partial charge in [-0.25, -0.2) is 0 Å². The van der Waals surface area contributed by atoms with Gasteiger partial charge in [0.25, 0.3) is 0 Å². The number of nitrogens with two attached hydrogens (primary N) is 1. The van der Waals surface area contributed by atoms with Crippen LogP contribution in [0.15, 0.2) is 24.3 Å². The smallest absolute Gasteiger partial charge is 0.241 e. The molecule has 0 spiro atoms. The molecule has 2 aliphatic rings. The summed E-state index contributed by atoms with van der Waals surface area (Å²) in [5.74, 6) is 0.850. The molecule has 4 nitrogen and oxygen atoms in total. The van der Waals surface area contributed by atoms with E-state index in [0.29, 0.717) is 12.5 Å². The molecule has 1 aromatic rings. The van der Waals surface area contributed by atoms with E-state index in [1.54, 1.807) is 0 Å². The van der Waals surface area contributed by atoms with E-state index in [4.69, 9.17) is 5.73 Å². The summed E-state index contributed by atoms with van der Waals surface area (Å²) in [4.78, 5) is 16.8. The number of carbonyl (C=O) groups excluding carboxylic acids is 1. The molecular weight excluding hydrogens is 262 g/mol. The monoisotopic (exact) mass is 287 g/mol. The van der Waals surface area contributed by atoms with Gasteiger partial charge in [-0.1, -0.05) is 18.2 Å². The normalized spacial score (nSPS) is 21.3. The van der Waals surface area contributed by atoms with Gasteiger partial charge in [0.1, 0.15) is 0 Å². The van der Waals surface area contributed by atoms with Crippen molar-refractivity contribution in [3.05, 3.63) is 29.8 Å². The minimum Gasteiger partial charge on any atom is -0.328 e. The summed E-state index contributed by atoms with van der Waals surface area (Å²) in [5, 5.41) is 0. The van der Waals surface area contributed by atoms with Crippen molar-refractivity contribution in [2.24, 2.45) is 11.7 Å². The summed E-state index contributed by atoms with van der Waals surface area (Å²) in [5.41, 5.74) is 8.37. The molecular formula is C17H25N3O. The zero-order valence-corrected chi connectivity index (χ0v) is 12.8. The first-order chi connectivity index (χ1) is 10.1. The number of carbonyl (C=O) groups is 1. The van der Waals surface area contributed by atoms with E-state index < -0.39 is 0 Å². The lowest BCUT2D eigenvalue weighted by Gasteiger charge is -2.34. The summed E-state index contributed by atoms with van der Waals surface area (Å²) in [7, 11) is 0. The van der Waals surface area contributed by atoms with Gasteiger partial charge >= 0.3 is 0 Å². The molecule has 1 unspecified atom stereocenters. The highest BCUT2D eigenvalue weighted by atomic mass is 16.2. The van der Waals surface area contributed by atoms with Gasteiger partial charge in [0, 0.05) is 18.3 Å². The van der Waals surface area contributed by atoms with Crippen molar-refractivity contribution >= 4 is 11.6 Å². The third-order valence-electron chi connectivity index (χ3n) is 4.92. The van der Waals surface area contributed by atoms with E-state index >= 15 is 0 Å². The van der Waals surface area contributed by atoms with Gasteiger partial charge in [0.15, 0.2) is 0 Å². The molecule has 1 fully saturated rings. The highest BCUT2D eigenvalue weighted by molar-refractivity contribution is 5.96. The summed E-state index contributed by atoms with van der Waals surface area (Å²) < 4.78 is 0. The molecule has 1 aromatic carbocycles. The van der Waals surface area contributed by atoms with E-state index in [9.17, 15) is 4.79 Å². The minimum absolute atomic E-state index is 0.235. The van der Waals surface area contributed by atoms with Crippen LogP contribution in [0.25, 0.3) is 0 Å². The highest BCUT2D eigenvalue weighted by Gasteiger charge is 2.28. The van der Waals surface area contributed by atoms with Crippen molar-refractivity contribution in [1.82, 2.24) is 4.90 Å². The lowest BCUT2D eigenvalue weighted by atomic mass is 9.91. The van der Waals surface area contributed by atoms with Gasteiger partial charge in [-0.15, -0.1) is 0 Å². The van der Waals surface area contributed by atoms with Crippen molar-refractivity contribution in [3.8, 4) is 0 Å². The van der Waals surface area contributed by atoms with Crippen LogP contribution in [0.2, 0.25) is 0 Å². The summed E-state index contributed by atoms with van der Waals surface area (Å²) >= 11 is 0. The van der Waals surface area contributed by atoms with Crippen LogP contribution in [0.1, 0.15) is 25.3 Å². The molecule has 0 aliphatic carbocycles. The van der Waals surface area contributed by atoms with E-state index in [-0.39, 0.29) is 11.9 Å². The van der Waals surface area contributed by atoms with Crippen molar-refractivity contribution in [3.63, 3.8) is 0 Å². The van der Waals surface area contributed by atoms with Crippen LogP contribution >= 0.6 is 0 Å². The molecule has 4 heteroatoms. The Labute approximate surface area is 126 Å². The number of hydrogen-bond donors (Lipinski definition) is 1. The van der Waals surface area contributed by atoms with Crippen LogP contribution < -0.4 is 10.6 Å². The van der Waals surface area contributed by atoms with E-state index in [1.807, 2.05) is 17.0 Å². The lowest BCUT2D eigenvalue weighted by molar-refractivity contribution is -0.120. The summed E-state index contributed by atoms with van der Waals surface area (Å²) in [6.07, 6.45) is 3.21. The minimum atomic E-state index is 0.235. The van der Waals surface area contributed by atoms with Crippen LogP contribution in [0.5, 0.6) is 0 Å². The average Bonchev–Trinajstić information content (AvgIpc) is 2.92. The molecule has 21 heavy (non-hydrogen) atoms. The predicted octanol–water partition coefficient (Wildman–Crippen LogP) is 1.63. The van der Waals surface area contributed by atoms with Crippen LogP contribution in [-0.4, -0.2) is 43.0 Å². The third-order valence-corrected chi connectivity index (χ3v) is 4.92. The maximum Gasteiger partial charge on any atom is 0.241 e. The molecule has 1 saturated heterocycles. The first-order valence-corrected chi connectivity index (χ1v) is 8.01. The van der Waals surface area contributed by atoms with Crippen molar-refractivity contribution < 1.29 is 4.79 Å². The fraction of sp³-hybridized carbons (Fsp3) is 0.588. The molecule has 2 heterocycles. The van der Waals surface area contributed by atoms with Crippen LogP contribution in [-0.2, 0) is 11.2 Å². The summed E-state index contributed by atoms with van der Waals surface area (Å²) in [6.45, 7) is 5.45. The number of piperidine rings is 1. The molecule has 1 atom stereocenters. The zero-order chi connectivity index (χ0) is 14.8. The number of nitrogens with zero attached hydrogens (tertiary/aromatic N) is 2. The molecule has 2 aliphatic heterocycles. The number of rotatable bonds is 3. The van der Waals surface area contributed by atoms with Crippen molar-refractivity contribution in [2.45, 2.75) is 32.2 Å². The maximum absolute atomic E-state index is 12.6. The fourth-order valence-electron chi connectivity index (χ4n) is 3.51. The van der Waals surface area contributed by atoms with Crippen LogP contribution in [0, 0.1) is 5.92 Å². The average molecular weight is 287 g/mol. The van der Waals surface area contributed by atoms with Gasteiger partial charge in [-0.3, -0.25) is 9.69 Å². The Hall–Kier alpha value is -1.39. The molecule has 114 valence electrons. The number of anilines is 1. The Morgan fingerprint density at radius 3 is 2.71 bits per heavy atom. The highest BCUT2D eigenvalue weighted by Crippen LogP contribution is 2.28. The summed E-state index contributed by atoms with van der Waals surface area (Å²) in [6, 6.07) is 8.51. The van der Waals surface area contributed by atoms with Gasteiger partial charge in [0.05, 0.1) is 6.54 Å². The van der Waals surface area contributed by atoms with Crippen LogP contribution in [0.4, 0.5) is 5.69 Å². The molecule has 3 rings (SSSR count). The maximum atomic E-state index is 12.6. The first kappa shape index (κ1) is 14.5. The Kier molecular flexibility index (Phi) is 4.27. The van der Waals surface area contributed by atoms with Gasteiger partial charge in [-0.2, -0.15) is 0 Å². The Bertz CT molecular complexity index is 507. The quantitative estimate of drug-likeness (QED) is 0.919.